The Labute approximate surface area is 96.6 Å². The summed E-state index contributed by atoms with van der Waals surface area (Å²) in [6.45, 7) is 11.9. The first-order chi connectivity index (χ1) is 6.98. The minimum atomic E-state index is -1.14. The summed E-state index contributed by atoms with van der Waals surface area (Å²) in [6.07, 6.45) is 8.52. The van der Waals surface area contributed by atoms with E-state index in [4.69, 9.17) is 4.74 Å². The predicted molar refractivity (Wildman–Crippen MR) is 70.0 cm³/mol. The van der Waals surface area contributed by atoms with Crippen LogP contribution >= 0.6 is 0 Å². The first kappa shape index (κ1) is 13.2. The van der Waals surface area contributed by atoms with Crippen molar-refractivity contribution in [2.75, 3.05) is 0 Å². The van der Waals surface area contributed by atoms with E-state index in [2.05, 4.69) is 33.5 Å². The molecular formula is C13H28OSi. The molecule has 0 spiro atoms. The van der Waals surface area contributed by atoms with E-state index in [1.807, 2.05) is 0 Å². The predicted octanol–water partition coefficient (Wildman–Crippen LogP) is 4.38. The Balaban J connectivity index is 2.44. The van der Waals surface area contributed by atoms with Crippen molar-refractivity contribution in [1.82, 2.24) is 0 Å². The molecule has 15 heavy (non-hydrogen) atoms. The van der Waals surface area contributed by atoms with E-state index in [9.17, 15) is 0 Å². The number of hydrogen-bond donors (Lipinski definition) is 0. The Morgan fingerprint density at radius 2 is 1.73 bits per heavy atom. The van der Waals surface area contributed by atoms with Crippen molar-refractivity contribution in [1.29, 1.82) is 0 Å². The van der Waals surface area contributed by atoms with Crippen molar-refractivity contribution >= 4 is 8.07 Å². The number of epoxide rings is 1. The molecule has 0 bridgehead atoms. The molecule has 1 nitrogen and oxygen atoms in total. The Hall–Kier alpha value is 0.177. The topological polar surface area (TPSA) is 12.5 Å². The Kier molecular flexibility index (Phi) is 4.42. The highest BCUT2D eigenvalue weighted by atomic mass is 28.3. The van der Waals surface area contributed by atoms with Crippen LogP contribution in [0.2, 0.25) is 19.6 Å². The summed E-state index contributed by atoms with van der Waals surface area (Å²) in [5.41, 5.74) is 0. The van der Waals surface area contributed by atoms with Crippen molar-refractivity contribution in [3.8, 4) is 0 Å². The fraction of sp³-hybridized carbons (Fsp3) is 1.00. The van der Waals surface area contributed by atoms with Gasteiger partial charge in [0.2, 0.25) is 0 Å². The van der Waals surface area contributed by atoms with Gasteiger partial charge in [0.25, 0.3) is 0 Å². The van der Waals surface area contributed by atoms with Gasteiger partial charge >= 0.3 is 0 Å². The molecule has 0 aromatic rings. The fourth-order valence-electron chi connectivity index (χ4n) is 2.72. The molecule has 0 aromatic heterocycles. The lowest BCUT2D eigenvalue weighted by molar-refractivity contribution is 0.325. The van der Waals surface area contributed by atoms with Crippen LogP contribution in [0.4, 0.5) is 0 Å². The number of unbranched alkanes of at least 4 members (excludes halogenated alkanes) is 2. The molecule has 1 heterocycles. The van der Waals surface area contributed by atoms with Crippen molar-refractivity contribution in [2.24, 2.45) is 0 Å². The van der Waals surface area contributed by atoms with Crippen LogP contribution < -0.4 is 0 Å². The number of hydrogen-bond acceptors (Lipinski definition) is 1. The first-order valence-corrected chi connectivity index (χ1v) is 10.2. The maximum atomic E-state index is 6.12. The molecule has 0 aromatic carbocycles. The Bertz CT molecular complexity index is 197. The van der Waals surface area contributed by atoms with Crippen LogP contribution in [0.5, 0.6) is 0 Å². The maximum Gasteiger partial charge on any atom is 0.0858 e. The average molecular weight is 228 g/mol. The van der Waals surface area contributed by atoms with Crippen LogP contribution in [0, 0.1) is 0 Å². The molecule has 1 fully saturated rings. The highest BCUT2D eigenvalue weighted by molar-refractivity contribution is 6.79. The second-order valence-corrected chi connectivity index (χ2v) is 11.3. The van der Waals surface area contributed by atoms with Gasteiger partial charge in [0.15, 0.2) is 0 Å². The summed E-state index contributed by atoms with van der Waals surface area (Å²) in [5, 5.41) is 0.343. The second kappa shape index (κ2) is 5.01. The molecular weight excluding hydrogens is 200 g/mol. The molecule has 0 radical (unpaired) electrons. The van der Waals surface area contributed by atoms with Crippen molar-refractivity contribution in [2.45, 2.75) is 83.3 Å². The zero-order valence-electron chi connectivity index (χ0n) is 11.2. The van der Waals surface area contributed by atoms with E-state index in [1.165, 1.54) is 38.5 Å². The maximum absolute atomic E-state index is 6.12. The third-order valence-corrected chi connectivity index (χ3v) is 7.01. The lowest BCUT2D eigenvalue weighted by atomic mass is 10.1. The highest BCUT2D eigenvalue weighted by Gasteiger charge is 2.62. The molecule has 2 heteroatoms. The summed E-state index contributed by atoms with van der Waals surface area (Å²) in [7, 11) is -1.14. The van der Waals surface area contributed by atoms with Gasteiger partial charge in [0.05, 0.1) is 19.4 Å². The summed E-state index contributed by atoms with van der Waals surface area (Å²) in [6, 6.07) is 0. The van der Waals surface area contributed by atoms with Crippen LogP contribution in [-0.2, 0) is 4.74 Å². The minimum Gasteiger partial charge on any atom is -0.370 e. The average Bonchev–Trinajstić information content (AvgIpc) is 2.80. The van der Waals surface area contributed by atoms with Crippen LogP contribution in [0.3, 0.4) is 0 Å². The molecule has 0 N–H and O–H groups in total. The minimum absolute atomic E-state index is 0.343. The summed E-state index contributed by atoms with van der Waals surface area (Å²) < 4.78 is 6.12. The van der Waals surface area contributed by atoms with E-state index in [0.717, 1.165) is 0 Å². The van der Waals surface area contributed by atoms with Gasteiger partial charge in [-0.2, -0.15) is 0 Å². The van der Waals surface area contributed by atoms with Gasteiger partial charge in [-0.3, -0.25) is 0 Å². The molecule has 0 aliphatic carbocycles. The van der Waals surface area contributed by atoms with Crippen molar-refractivity contribution in [3.05, 3.63) is 0 Å². The SMILES string of the molecule is CCCCCC1OC1(CCC)[Si](C)(C)C. The monoisotopic (exact) mass is 228 g/mol. The van der Waals surface area contributed by atoms with E-state index >= 15 is 0 Å². The summed E-state index contributed by atoms with van der Waals surface area (Å²) in [5.74, 6) is 0. The van der Waals surface area contributed by atoms with Gasteiger partial charge < -0.3 is 4.74 Å². The molecule has 90 valence electrons. The smallest absolute Gasteiger partial charge is 0.0858 e. The summed E-state index contributed by atoms with van der Waals surface area (Å²) >= 11 is 0. The Morgan fingerprint density at radius 3 is 2.20 bits per heavy atom. The number of rotatable bonds is 7. The molecule has 2 atom stereocenters. The van der Waals surface area contributed by atoms with E-state index in [1.54, 1.807) is 0 Å². The zero-order valence-corrected chi connectivity index (χ0v) is 12.2. The molecule has 1 aliphatic heterocycles. The van der Waals surface area contributed by atoms with Gasteiger partial charge in [-0.25, -0.2) is 0 Å². The standard InChI is InChI=1S/C13H28OSi/c1-6-8-9-10-12-13(14-12,11-7-2)15(3,4)5/h12H,6-11H2,1-5H3. The third kappa shape index (κ3) is 2.85. The van der Waals surface area contributed by atoms with Crippen LogP contribution in [0.25, 0.3) is 0 Å². The molecule has 1 aliphatic rings. The third-order valence-electron chi connectivity index (χ3n) is 3.78. The van der Waals surface area contributed by atoms with E-state index in [0.29, 0.717) is 11.3 Å². The molecule has 1 rings (SSSR count). The fourth-order valence-corrected chi connectivity index (χ4v) is 5.32. The second-order valence-electron chi connectivity index (χ2n) is 5.99. The normalized spacial score (nSPS) is 30.6. The lowest BCUT2D eigenvalue weighted by Crippen LogP contribution is -2.43. The van der Waals surface area contributed by atoms with Crippen molar-refractivity contribution < 1.29 is 4.74 Å². The van der Waals surface area contributed by atoms with Crippen molar-refractivity contribution in [3.63, 3.8) is 0 Å². The Morgan fingerprint density at radius 1 is 1.07 bits per heavy atom. The van der Waals surface area contributed by atoms with Crippen LogP contribution in [0.1, 0.15) is 52.4 Å². The molecule has 0 amide bonds. The number of ether oxygens (including phenoxy) is 1. The van der Waals surface area contributed by atoms with Gasteiger partial charge in [-0.05, 0) is 12.8 Å². The van der Waals surface area contributed by atoms with E-state index < -0.39 is 8.07 Å². The molecule has 2 unspecified atom stereocenters. The lowest BCUT2D eigenvalue weighted by Gasteiger charge is -2.26. The summed E-state index contributed by atoms with van der Waals surface area (Å²) in [4.78, 5) is 0. The van der Waals surface area contributed by atoms with Gasteiger partial charge in [-0.15, -0.1) is 0 Å². The van der Waals surface area contributed by atoms with Crippen LogP contribution in [0.15, 0.2) is 0 Å². The van der Waals surface area contributed by atoms with Crippen LogP contribution in [-0.4, -0.2) is 19.4 Å². The zero-order chi connectivity index (χ0) is 11.5. The first-order valence-electron chi connectivity index (χ1n) is 6.65. The quantitative estimate of drug-likeness (QED) is 0.358. The highest BCUT2D eigenvalue weighted by Crippen LogP contribution is 2.50. The van der Waals surface area contributed by atoms with Gasteiger partial charge in [-0.1, -0.05) is 59.2 Å². The molecule has 0 saturated carbocycles. The van der Waals surface area contributed by atoms with Gasteiger partial charge in [0, 0.05) is 0 Å². The largest absolute Gasteiger partial charge is 0.370 e. The van der Waals surface area contributed by atoms with E-state index in [-0.39, 0.29) is 0 Å². The molecule has 1 saturated heterocycles. The van der Waals surface area contributed by atoms with Gasteiger partial charge in [0.1, 0.15) is 0 Å².